The Balaban J connectivity index is 2.60. The van der Waals surface area contributed by atoms with Gasteiger partial charge in [0.1, 0.15) is 5.82 Å². The molecule has 5 nitrogen and oxygen atoms in total. The van der Waals surface area contributed by atoms with E-state index in [1.807, 2.05) is 0 Å². The predicted molar refractivity (Wildman–Crippen MR) is 70.7 cm³/mol. The Morgan fingerprint density at radius 1 is 1.32 bits per heavy atom. The van der Waals surface area contributed by atoms with Gasteiger partial charge in [-0.25, -0.2) is 4.39 Å². The van der Waals surface area contributed by atoms with Crippen LogP contribution in [0, 0.1) is 5.82 Å². The molecule has 0 spiro atoms. The predicted octanol–water partition coefficient (Wildman–Crippen LogP) is 0.704. The van der Waals surface area contributed by atoms with Crippen LogP contribution in [0.3, 0.4) is 0 Å². The summed E-state index contributed by atoms with van der Waals surface area (Å²) in [5, 5.41) is 20.3. The van der Waals surface area contributed by atoms with Crippen molar-refractivity contribution in [2.45, 2.75) is 0 Å². The molecule has 0 aliphatic rings. The van der Waals surface area contributed by atoms with E-state index in [-0.39, 0.29) is 38.5 Å². The summed E-state index contributed by atoms with van der Waals surface area (Å²) in [5.41, 5.74) is 0.00504. The van der Waals surface area contributed by atoms with Gasteiger partial charge in [-0.2, -0.15) is 0 Å². The zero-order valence-electron chi connectivity index (χ0n) is 10.3. The summed E-state index contributed by atoms with van der Waals surface area (Å²) in [6.45, 7) is 0.211. The number of carbonyl (C=O) groups is 1. The molecule has 0 heterocycles. The van der Waals surface area contributed by atoms with Gasteiger partial charge in [0.05, 0.1) is 25.4 Å². The number of aliphatic hydroxyl groups excluding tert-OH is 2. The zero-order valence-corrected chi connectivity index (χ0v) is 11.0. The van der Waals surface area contributed by atoms with Crippen LogP contribution in [0.1, 0.15) is 0 Å². The fourth-order valence-electron chi connectivity index (χ4n) is 1.54. The van der Waals surface area contributed by atoms with Gasteiger partial charge in [-0.3, -0.25) is 9.69 Å². The van der Waals surface area contributed by atoms with Crippen molar-refractivity contribution in [2.75, 3.05) is 38.2 Å². The highest BCUT2D eigenvalue weighted by atomic mass is 35.5. The fraction of sp³-hybridized carbons (Fsp3) is 0.417. The minimum Gasteiger partial charge on any atom is -0.395 e. The monoisotopic (exact) mass is 290 g/mol. The summed E-state index contributed by atoms with van der Waals surface area (Å²) in [4.78, 5) is 13.3. The highest BCUT2D eigenvalue weighted by Gasteiger charge is 2.12. The Morgan fingerprint density at radius 3 is 2.53 bits per heavy atom. The average molecular weight is 291 g/mol. The van der Waals surface area contributed by atoms with Gasteiger partial charge in [0.2, 0.25) is 5.91 Å². The lowest BCUT2D eigenvalue weighted by atomic mass is 10.3. The van der Waals surface area contributed by atoms with Crippen LogP contribution in [0.4, 0.5) is 10.1 Å². The Bertz CT molecular complexity index is 425. The second-order valence-electron chi connectivity index (χ2n) is 3.90. The first-order valence-electron chi connectivity index (χ1n) is 5.75. The van der Waals surface area contributed by atoms with Crippen LogP contribution in [-0.4, -0.2) is 53.9 Å². The van der Waals surface area contributed by atoms with E-state index in [1.54, 1.807) is 4.90 Å². The average Bonchev–Trinajstić information content (AvgIpc) is 2.34. The first-order chi connectivity index (χ1) is 9.06. The van der Waals surface area contributed by atoms with Crippen molar-refractivity contribution < 1.29 is 19.4 Å². The van der Waals surface area contributed by atoms with Crippen LogP contribution < -0.4 is 5.32 Å². The van der Waals surface area contributed by atoms with Gasteiger partial charge in [-0.1, -0.05) is 11.6 Å². The molecule has 0 saturated heterocycles. The molecular weight excluding hydrogens is 275 g/mol. The third-order valence-electron chi connectivity index (χ3n) is 2.40. The van der Waals surface area contributed by atoms with E-state index in [0.29, 0.717) is 5.02 Å². The van der Waals surface area contributed by atoms with Crippen LogP contribution in [0.15, 0.2) is 18.2 Å². The smallest absolute Gasteiger partial charge is 0.238 e. The number of carbonyl (C=O) groups excluding carboxylic acids is 1. The molecule has 0 aliphatic carbocycles. The number of nitrogens with zero attached hydrogens (tertiary/aromatic N) is 1. The third-order valence-corrected chi connectivity index (χ3v) is 2.64. The zero-order chi connectivity index (χ0) is 14.3. The van der Waals surface area contributed by atoms with E-state index < -0.39 is 11.7 Å². The van der Waals surface area contributed by atoms with Crippen LogP contribution in [0.5, 0.6) is 0 Å². The molecule has 0 atom stereocenters. The lowest BCUT2D eigenvalue weighted by molar-refractivity contribution is -0.117. The molecule has 0 bridgehead atoms. The second kappa shape index (κ2) is 8.06. The summed E-state index contributed by atoms with van der Waals surface area (Å²) in [7, 11) is 0. The maximum Gasteiger partial charge on any atom is 0.238 e. The molecule has 0 fully saturated rings. The third kappa shape index (κ3) is 5.52. The lowest BCUT2D eigenvalue weighted by Crippen LogP contribution is -2.37. The molecule has 3 N–H and O–H groups in total. The minimum absolute atomic E-state index is 0.00504. The quantitative estimate of drug-likeness (QED) is 0.691. The first-order valence-corrected chi connectivity index (χ1v) is 6.13. The van der Waals surface area contributed by atoms with Crippen molar-refractivity contribution in [1.29, 1.82) is 0 Å². The van der Waals surface area contributed by atoms with Crippen LogP contribution in [0.2, 0.25) is 5.02 Å². The molecule has 1 aromatic rings. The van der Waals surface area contributed by atoms with Gasteiger partial charge in [0, 0.05) is 18.1 Å². The number of benzene rings is 1. The number of nitrogens with one attached hydrogen (secondary N) is 1. The van der Waals surface area contributed by atoms with E-state index in [9.17, 15) is 9.18 Å². The molecule has 0 aromatic heterocycles. The van der Waals surface area contributed by atoms with Gasteiger partial charge in [0.15, 0.2) is 0 Å². The molecule has 1 amide bonds. The molecule has 0 unspecified atom stereocenters. The van der Waals surface area contributed by atoms with E-state index in [1.165, 1.54) is 12.1 Å². The fourth-order valence-corrected chi connectivity index (χ4v) is 1.71. The van der Waals surface area contributed by atoms with Gasteiger partial charge < -0.3 is 15.5 Å². The Morgan fingerprint density at radius 2 is 1.95 bits per heavy atom. The minimum atomic E-state index is -0.575. The van der Waals surface area contributed by atoms with Crippen LogP contribution in [0.25, 0.3) is 0 Å². The van der Waals surface area contributed by atoms with E-state index in [4.69, 9.17) is 21.8 Å². The maximum absolute atomic E-state index is 13.4. The SMILES string of the molecule is O=C(CN(CCO)CCO)Nc1cc(Cl)ccc1F. The largest absolute Gasteiger partial charge is 0.395 e. The van der Waals surface area contributed by atoms with Crippen LogP contribution >= 0.6 is 11.6 Å². The summed E-state index contributed by atoms with van der Waals surface area (Å²) in [6, 6.07) is 3.87. The van der Waals surface area contributed by atoms with Crippen molar-refractivity contribution in [1.82, 2.24) is 4.90 Å². The number of anilines is 1. The molecular formula is C12H16ClFN2O3. The van der Waals surface area contributed by atoms with Gasteiger partial charge >= 0.3 is 0 Å². The number of halogens is 2. The number of rotatable bonds is 7. The van der Waals surface area contributed by atoms with Crippen molar-refractivity contribution in [3.63, 3.8) is 0 Å². The highest BCUT2D eigenvalue weighted by molar-refractivity contribution is 6.30. The number of amides is 1. The molecule has 1 aromatic carbocycles. The standard InChI is InChI=1S/C12H16ClFN2O3/c13-9-1-2-10(14)11(7-9)15-12(19)8-16(3-5-17)4-6-18/h1-2,7,17-18H,3-6,8H2,(H,15,19). The topological polar surface area (TPSA) is 72.8 Å². The molecule has 19 heavy (non-hydrogen) atoms. The van der Waals surface area contributed by atoms with Crippen molar-refractivity contribution >= 4 is 23.2 Å². The maximum atomic E-state index is 13.4. The molecule has 0 saturated carbocycles. The molecule has 0 aliphatic heterocycles. The Kier molecular flexibility index (Phi) is 6.72. The first kappa shape index (κ1) is 15.8. The lowest BCUT2D eigenvalue weighted by Gasteiger charge is -2.19. The molecule has 1 rings (SSSR count). The summed E-state index contributed by atoms with van der Waals surface area (Å²) < 4.78 is 13.4. The van der Waals surface area contributed by atoms with Crippen molar-refractivity contribution in [2.24, 2.45) is 0 Å². The van der Waals surface area contributed by atoms with Gasteiger partial charge in [-0.15, -0.1) is 0 Å². The van der Waals surface area contributed by atoms with Crippen LogP contribution in [-0.2, 0) is 4.79 Å². The Labute approximate surface area is 115 Å². The number of aliphatic hydroxyl groups is 2. The molecule has 7 heteroatoms. The van der Waals surface area contributed by atoms with E-state index in [0.717, 1.165) is 6.07 Å². The highest BCUT2D eigenvalue weighted by Crippen LogP contribution is 2.19. The molecule has 0 radical (unpaired) electrons. The number of hydrogen-bond donors (Lipinski definition) is 3. The summed E-state index contributed by atoms with van der Waals surface area (Å²) in [6.07, 6.45) is 0. The summed E-state index contributed by atoms with van der Waals surface area (Å²) >= 11 is 5.71. The summed E-state index contributed by atoms with van der Waals surface area (Å²) in [5.74, 6) is -1.02. The normalized spacial score (nSPS) is 10.8. The van der Waals surface area contributed by atoms with Gasteiger partial charge in [0.25, 0.3) is 0 Å². The van der Waals surface area contributed by atoms with Crippen molar-refractivity contribution in [3.8, 4) is 0 Å². The Hall–Kier alpha value is -1.21. The molecule has 106 valence electrons. The van der Waals surface area contributed by atoms with Gasteiger partial charge in [-0.05, 0) is 18.2 Å². The number of hydrogen-bond acceptors (Lipinski definition) is 4. The second-order valence-corrected chi connectivity index (χ2v) is 4.33. The van der Waals surface area contributed by atoms with E-state index >= 15 is 0 Å². The van der Waals surface area contributed by atoms with E-state index in [2.05, 4.69) is 5.32 Å². The van der Waals surface area contributed by atoms with Crippen molar-refractivity contribution in [3.05, 3.63) is 29.0 Å².